The summed E-state index contributed by atoms with van der Waals surface area (Å²) in [5, 5.41) is 2.86. The molecule has 1 aliphatic rings. The summed E-state index contributed by atoms with van der Waals surface area (Å²) in [5.74, 6) is 2.67. The Morgan fingerprint density at radius 2 is 2.56 bits per heavy atom. The summed E-state index contributed by atoms with van der Waals surface area (Å²) in [6, 6.07) is 3.92. The number of carbonyl (C=O) groups is 1. The van der Waals surface area contributed by atoms with Gasteiger partial charge in [0, 0.05) is 18.6 Å². The fraction of sp³-hybridized carbons (Fsp3) is 0.538. The van der Waals surface area contributed by atoms with E-state index in [0.29, 0.717) is 19.0 Å². The second-order valence-corrected chi connectivity index (χ2v) is 5.51. The molecule has 98 valence electrons. The molecule has 2 heterocycles. The second kappa shape index (κ2) is 6.75. The van der Waals surface area contributed by atoms with Crippen LogP contribution < -0.4 is 5.32 Å². The number of hydrogen-bond acceptors (Lipinski definition) is 4. The van der Waals surface area contributed by atoms with E-state index < -0.39 is 0 Å². The van der Waals surface area contributed by atoms with Gasteiger partial charge in [0.15, 0.2) is 0 Å². The van der Waals surface area contributed by atoms with Crippen LogP contribution in [0.15, 0.2) is 18.3 Å². The van der Waals surface area contributed by atoms with E-state index in [-0.39, 0.29) is 11.8 Å². The van der Waals surface area contributed by atoms with Gasteiger partial charge in [0.1, 0.15) is 5.82 Å². The van der Waals surface area contributed by atoms with Crippen LogP contribution in [0, 0.1) is 5.92 Å². The Bertz CT molecular complexity index is 406. The molecule has 0 bridgehead atoms. The Kier molecular flexibility index (Phi) is 5.01. The lowest BCUT2D eigenvalue weighted by Gasteiger charge is -2.09. The average molecular weight is 266 g/mol. The van der Waals surface area contributed by atoms with Crippen LogP contribution in [0.4, 0.5) is 5.82 Å². The van der Waals surface area contributed by atoms with E-state index in [9.17, 15) is 4.79 Å². The van der Waals surface area contributed by atoms with Gasteiger partial charge < -0.3 is 10.1 Å². The maximum absolute atomic E-state index is 11.9. The first-order valence-corrected chi connectivity index (χ1v) is 7.36. The van der Waals surface area contributed by atoms with Crippen LogP contribution >= 0.6 is 11.8 Å². The van der Waals surface area contributed by atoms with Crippen LogP contribution in [0.3, 0.4) is 0 Å². The third-order valence-electron chi connectivity index (χ3n) is 2.85. The fourth-order valence-corrected chi connectivity index (χ4v) is 2.44. The molecule has 1 aromatic rings. The Balaban J connectivity index is 1.93. The van der Waals surface area contributed by atoms with Crippen molar-refractivity contribution < 1.29 is 9.53 Å². The molecule has 4 nitrogen and oxygen atoms in total. The molecule has 0 radical (unpaired) electrons. The summed E-state index contributed by atoms with van der Waals surface area (Å²) in [7, 11) is 0. The molecule has 5 heteroatoms. The average Bonchev–Trinajstić information content (AvgIpc) is 2.91. The van der Waals surface area contributed by atoms with Crippen LogP contribution in [0.2, 0.25) is 0 Å². The highest BCUT2D eigenvalue weighted by Crippen LogP contribution is 2.17. The highest BCUT2D eigenvalue weighted by atomic mass is 32.2. The van der Waals surface area contributed by atoms with Crippen molar-refractivity contribution in [2.24, 2.45) is 5.92 Å². The van der Waals surface area contributed by atoms with Gasteiger partial charge >= 0.3 is 0 Å². The number of nitrogens with one attached hydrogen (secondary N) is 1. The number of anilines is 1. The minimum atomic E-state index is -0.0273. The molecule has 0 aromatic carbocycles. The van der Waals surface area contributed by atoms with E-state index >= 15 is 0 Å². The molecule has 1 fully saturated rings. The molecule has 1 aliphatic heterocycles. The summed E-state index contributed by atoms with van der Waals surface area (Å²) < 4.78 is 5.21. The largest absolute Gasteiger partial charge is 0.381 e. The van der Waals surface area contributed by atoms with Crippen molar-refractivity contribution in [3.63, 3.8) is 0 Å². The van der Waals surface area contributed by atoms with Crippen LogP contribution in [0.5, 0.6) is 0 Å². The van der Waals surface area contributed by atoms with Gasteiger partial charge in [-0.3, -0.25) is 4.79 Å². The zero-order valence-corrected chi connectivity index (χ0v) is 11.3. The van der Waals surface area contributed by atoms with Gasteiger partial charge in [-0.05, 0) is 29.9 Å². The quantitative estimate of drug-likeness (QED) is 0.888. The highest BCUT2D eigenvalue weighted by molar-refractivity contribution is 7.98. The van der Waals surface area contributed by atoms with Crippen LogP contribution in [-0.2, 0) is 15.3 Å². The molecule has 2 rings (SSSR count). The van der Waals surface area contributed by atoms with Crippen molar-refractivity contribution in [1.29, 1.82) is 0 Å². The number of pyridine rings is 1. The Labute approximate surface area is 112 Å². The lowest BCUT2D eigenvalue weighted by Crippen LogP contribution is -2.23. The van der Waals surface area contributed by atoms with Crippen molar-refractivity contribution in [3.05, 3.63) is 23.9 Å². The Morgan fingerprint density at radius 3 is 3.28 bits per heavy atom. The van der Waals surface area contributed by atoms with Gasteiger partial charge in [-0.2, -0.15) is 11.8 Å². The van der Waals surface area contributed by atoms with E-state index in [1.807, 2.05) is 23.9 Å². The summed E-state index contributed by atoms with van der Waals surface area (Å²) in [6.07, 6.45) is 2.55. The predicted octanol–water partition coefficient (Wildman–Crippen LogP) is 2.31. The molecule has 1 atom stereocenters. The number of nitrogens with zero attached hydrogens (tertiary/aromatic N) is 1. The number of thioether (sulfide) groups is 1. The number of carbonyl (C=O) groups excluding carboxylic acids is 1. The number of rotatable bonds is 5. The number of amides is 1. The normalized spacial score (nSPS) is 18.8. The molecule has 1 amide bonds. The van der Waals surface area contributed by atoms with E-state index in [1.54, 1.807) is 6.20 Å². The first-order chi connectivity index (χ1) is 8.79. The maximum atomic E-state index is 11.9. The number of hydrogen-bond donors (Lipinski definition) is 1. The molecule has 0 unspecified atom stereocenters. The smallest absolute Gasteiger partial charge is 0.231 e. The Morgan fingerprint density at radius 1 is 1.67 bits per heavy atom. The van der Waals surface area contributed by atoms with Crippen molar-refractivity contribution in [1.82, 2.24) is 4.98 Å². The monoisotopic (exact) mass is 266 g/mol. The lowest BCUT2D eigenvalue weighted by atomic mass is 10.1. The molecular formula is C13H18N2O2S. The number of aromatic nitrogens is 1. The maximum Gasteiger partial charge on any atom is 0.231 e. The molecule has 1 N–H and O–H groups in total. The van der Waals surface area contributed by atoms with E-state index in [4.69, 9.17) is 4.74 Å². The standard InChI is InChI=1S/C13H18N2O2S/c1-2-18-9-10-3-5-14-12(7-10)15-13(16)11-4-6-17-8-11/h3,5,7,11H,2,4,6,8-9H2,1H3,(H,14,15,16)/t11-/m0/s1. The molecule has 18 heavy (non-hydrogen) atoms. The SMILES string of the molecule is CCSCc1ccnc(NC(=O)[C@H]2CCOC2)c1. The summed E-state index contributed by atoms with van der Waals surface area (Å²) in [5.41, 5.74) is 1.19. The predicted molar refractivity (Wildman–Crippen MR) is 73.6 cm³/mol. The van der Waals surface area contributed by atoms with Gasteiger partial charge in [-0.15, -0.1) is 0 Å². The van der Waals surface area contributed by atoms with Crippen molar-refractivity contribution in [2.75, 3.05) is 24.3 Å². The minimum Gasteiger partial charge on any atom is -0.381 e. The van der Waals surface area contributed by atoms with Gasteiger partial charge in [0.05, 0.1) is 12.5 Å². The molecular weight excluding hydrogens is 248 g/mol. The fourth-order valence-electron chi connectivity index (χ4n) is 1.82. The topological polar surface area (TPSA) is 51.2 Å². The highest BCUT2D eigenvalue weighted by Gasteiger charge is 2.23. The summed E-state index contributed by atoms with van der Waals surface area (Å²) in [6.45, 7) is 3.34. The van der Waals surface area contributed by atoms with E-state index in [2.05, 4.69) is 17.2 Å². The minimum absolute atomic E-state index is 0.0142. The van der Waals surface area contributed by atoms with Crippen molar-refractivity contribution in [2.45, 2.75) is 19.1 Å². The molecule has 0 spiro atoms. The molecule has 1 aromatic heterocycles. The molecule has 1 saturated heterocycles. The van der Waals surface area contributed by atoms with Crippen molar-refractivity contribution in [3.8, 4) is 0 Å². The zero-order valence-electron chi connectivity index (χ0n) is 10.5. The van der Waals surface area contributed by atoms with Crippen LogP contribution in [0.1, 0.15) is 18.9 Å². The van der Waals surface area contributed by atoms with Crippen molar-refractivity contribution >= 4 is 23.5 Å². The first-order valence-electron chi connectivity index (χ1n) is 6.21. The van der Waals surface area contributed by atoms with E-state index in [1.165, 1.54) is 5.56 Å². The third-order valence-corrected chi connectivity index (χ3v) is 3.79. The summed E-state index contributed by atoms with van der Waals surface area (Å²) >= 11 is 1.85. The molecule has 0 saturated carbocycles. The second-order valence-electron chi connectivity index (χ2n) is 4.24. The zero-order chi connectivity index (χ0) is 12.8. The molecule has 0 aliphatic carbocycles. The lowest BCUT2D eigenvalue weighted by molar-refractivity contribution is -0.119. The summed E-state index contributed by atoms with van der Waals surface area (Å²) in [4.78, 5) is 16.1. The third kappa shape index (κ3) is 3.71. The number of ether oxygens (including phenoxy) is 1. The first kappa shape index (κ1) is 13.4. The van der Waals surface area contributed by atoms with Gasteiger partial charge in [-0.25, -0.2) is 4.98 Å². The van der Waals surface area contributed by atoms with Crippen LogP contribution in [0.25, 0.3) is 0 Å². The van der Waals surface area contributed by atoms with Gasteiger partial charge in [0.25, 0.3) is 0 Å². The Hall–Kier alpha value is -1.07. The van der Waals surface area contributed by atoms with Crippen LogP contribution in [-0.4, -0.2) is 29.9 Å². The van der Waals surface area contributed by atoms with Gasteiger partial charge in [0.2, 0.25) is 5.91 Å². The van der Waals surface area contributed by atoms with Gasteiger partial charge in [-0.1, -0.05) is 6.92 Å². The van der Waals surface area contributed by atoms with E-state index in [0.717, 1.165) is 17.9 Å².